The van der Waals surface area contributed by atoms with Gasteiger partial charge in [0.05, 0.1) is 18.7 Å². The molecule has 2 aromatic heterocycles. The van der Waals surface area contributed by atoms with E-state index in [1.54, 1.807) is 22.9 Å². The van der Waals surface area contributed by atoms with Crippen LogP contribution >= 0.6 is 0 Å². The van der Waals surface area contributed by atoms with E-state index in [9.17, 15) is 9.59 Å². The van der Waals surface area contributed by atoms with E-state index in [0.29, 0.717) is 11.3 Å². The van der Waals surface area contributed by atoms with Crippen molar-refractivity contribution < 1.29 is 19.8 Å². The number of fused-ring (bicyclic) bond motifs is 1. The maximum atomic E-state index is 11.6. The predicted octanol–water partition coefficient (Wildman–Crippen LogP) is -0.562. The minimum atomic E-state index is -1.29. The lowest BCUT2D eigenvalue weighted by atomic mass is 10.2. The first-order chi connectivity index (χ1) is 9.10. The molecule has 0 saturated heterocycles. The molecule has 0 saturated carbocycles. The van der Waals surface area contributed by atoms with Crippen LogP contribution in [0.15, 0.2) is 30.6 Å². The molecule has 0 aliphatic heterocycles. The van der Waals surface area contributed by atoms with Gasteiger partial charge in [0.25, 0.3) is 0 Å². The molecule has 3 N–H and O–H groups in total. The van der Waals surface area contributed by atoms with Gasteiger partial charge in [-0.25, -0.2) is 9.78 Å². The number of aliphatic hydroxyl groups excluding tert-OH is 1. The molecule has 0 radical (unpaired) electrons. The van der Waals surface area contributed by atoms with Gasteiger partial charge in [0.1, 0.15) is 11.7 Å². The number of carboxylic acid groups (broad SMARTS) is 1. The van der Waals surface area contributed by atoms with Crippen molar-refractivity contribution in [3.8, 4) is 0 Å². The van der Waals surface area contributed by atoms with Gasteiger partial charge in [0.2, 0.25) is 5.91 Å². The quantitative estimate of drug-likeness (QED) is 0.670. The summed E-state index contributed by atoms with van der Waals surface area (Å²) in [5.74, 6) is -1.77. The summed E-state index contributed by atoms with van der Waals surface area (Å²) < 4.78 is 1.77. The zero-order valence-corrected chi connectivity index (χ0v) is 9.98. The number of aliphatic carboxylic acids is 1. The summed E-state index contributed by atoms with van der Waals surface area (Å²) in [7, 11) is 0. The molecule has 19 heavy (non-hydrogen) atoms. The third kappa shape index (κ3) is 3.08. The SMILES string of the molecule is O=C(Cc1cn2ccccc2n1)N[C@@H](CO)C(=O)O. The van der Waals surface area contributed by atoms with Crippen molar-refractivity contribution in [2.45, 2.75) is 12.5 Å². The van der Waals surface area contributed by atoms with Gasteiger partial charge in [-0.2, -0.15) is 0 Å². The third-order valence-corrected chi connectivity index (χ3v) is 2.57. The molecule has 100 valence electrons. The van der Waals surface area contributed by atoms with Gasteiger partial charge >= 0.3 is 5.97 Å². The van der Waals surface area contributed by atoms with E-state index in [2.05, 4.69) is 10.3 Å². The maximum absolute atomic E-state index is 11.6. The second-order valence-electron chi connectivity index (χ2n) is 4.02. The standard InChI is InChI=1S/C12H13N3O4/c16-7-9(12(18)19)14-11(17)5-8-6-15-4-2-1-3-10(15)13-8/h1-4,6,9,16H,5,7H2,(H,14,17)(H,18,19)/t9-/m0/s1. The smallest absolute Gasteiger partial charge is 0.328 e. The van der Waals surface area contributed by atoms with Gasteiger partial charge in [-0.3, -0.25) is 4.79 Å². The highest BCUT2D eigenvalue weighted by Crippen LogP contribution is 2.05. The highest BCUT2D eigenvalue weighted by molar-refractivity contribution is 5.84. The molecule has 0 fully saturated rings. The van der Waals surface area contributed by atoms with Crippen molar-refractivity contribution in [2.75, 3.05) is 6.61 Å². The molecule has 2 heterocycles. The molecule has 1 atom stereocenters. The van der Waals surface area contributed by atoms with Crippen molar-refractivity contribution in [1.29, 1.82) is 0 Å². The number of hydrogen-bond donors (Lipinski definition) is 3. The zero-order chi connectivity index (χ0) is 13.8. The summed E-state index contributed by atoms with van der Waals surface area (Å²) >= 11 is 0. The largest absolute Gasteiger partial charge is 0.480 e. The van der Waals surface area contributed by atoms with E-state index < -0.39 is 24.5 Å². The van der Waals surface area contributed by atoms with E-state index in [-0.39, 0.29) is 6.42 Å². The summed E-state index contributed by atoms with van der Waals surface area (Å²) in [4.78, 5) is 26.5. The van der Waals surface area contributed by atoms with Crippen molar-refractivity contribution in [1.82, 2.24) is 14.7 Å². The van der Waals surface area contributed by atoms with E-state index >= 15 is 0 Å². The fraction of sp³-hybridized carbons (Fsp3) is 0.250. The number of pyridine rings is 1. The Labute approximate surface area is 108 Å². The minimum absolute atomic E-state index is 0.0362. The molecule has 0 aromatic carbocycles. The molecule has 0 aliphatic carbocycles. The van der Waals surface area contributed by atoms with Crippen molar-refractivity contribution >= 4 is 17.5 Å². The molecule has 7 heteroatoms. The average molecular weight is 263 g/mol. The third-order valence-electron chi connectivity index (χ3n) is 2.57. The highest BCUT2D eigenvalue weighted by Gasteiger charge is 2.19. The fourth-order valence-corrected chi connectivity index (χ4v) is 1.67. The topological polar surface area (TPSA) is 104 Å². The summed E-state index contributed by atoms with van der Waals surface area (Å²) in [6.45, 7) is -0.647. The molecule has 0 bridgehead atoms. The Morgan fingerprint density at radius 3 is 2.84 bits per heavy atom. The molecule has 0 unspecified atom stereocenters. The Morgan fingerprint density at radius 1 is 1.42 bits per heavy atom. The Morgan fingerprint density at radius 2 is 2.21 bits per heavy atom. The molecular weight excluding hydrogens is 250 g/mol. The first-order valence-electron chi connectivity index (χ1n) is 5.66. The second kappa shape index (κ2) is 5.49. The first-order valence-corrected chi connectivity index (χ1v) is 5.66. The normalized spacial score (nSPS) is 12.3. The molecule has 2 aromatic rings. The predicted molar refractivity (Wildman–Crippen MR) is 65.5 cm³/mol. The second-order valence-corrected chi connectivity index (χ2v) is 4.02. The minimum Gasteiger partial charge on any atom is -0.480 e. The van der Waals surface area contributed by atoms with Crippen LogP contribution in [0, 0.1) is 0 Å². The fourth-order valence-electron chi connectivity index (χ4n) is 1.67. The van der Waals surface area contributed by atoms with Gasteiger partial charge < -0.3 is 19.9 Å². The van der Waals surface area contributed by atoms with Crippen LogP contribution in [0.1, 0.15) is 5.69 Å². The van der Waals surface area contributed by atoms with Gasteiger partial charge in [-0.1, -0.05) is 6.07 Å². The van der Waals surface area contributed by atoms with Gasteiger partial charge in [0, 0.05) is 12.4 Å². The maximum Gasteiger partial charge on any atom is 0.328 e. The van der Waals surface area contributed by atoms with Crippen molar-refractivity contribution in [2.24, 2.45) is 0 Å². The number of nitrogens with zero attached hydrogens (tertiary/aromatic N) is 2. The van der Waals surface area contributed by atoms with E-state index in [1.165, 1.54) is 0 Å². The Hall–Kier alpha value is -2.41. The monoisotopic (exact) mass is 263 g/mol. The van der Waals surface area contributed by atoms with Crippen LogP contribution in [0.2, 0.25) is 0 Å². The summed E-state index contributed by atoms with van der Waals surface area (Å²) in [5.41, 5.74) is 1.24. The van der Waals surface area contributed by atoms with Gasteiger partial charge in [-0.05, 0) is 12.1 Å². The Kier molecular flexibility index (Phi) is 3.76. The Bertz CT molecular complexity index is 575. The number of carbonyl (C=O) groups excluding carboxylic acids is 1. The molecule has 2 rings (SSSR count). The molecule has 0 aliphatic rings. The van der Waals surface area contributed by atoms with Gasteiger partial charge in [-0.15, -0.1) is 0 Å². The molecule has 7 nitrogen and oxygen atoms in total. The highest BCUT2D eigenvalue weighted by atomic mass is 16.4. The van der Waals surface area contributed by atoms with Crippen LogP contribution in [0.5, 0.6) is 0 Å². The first kappa shape index (κ1) is 13.0. The van der Waals surface area contributed by atoms with Crippen LogP contribution in [0.25, 0.3) is 5.65 Å². The van der Waals surface area contributed by atoms with Crippen LogP contribution in [0.4, 0.5) is 0 Å². The number of nitrogens with one attached hydrogen (secondary N) is 1. The van der Waals surface area contributed by atoms with E-state index in [0.717, 1.165) is 0 Å². The number of carbonyl (C=O) groups is 2. The number of aromatic nitrogens is 2. The lowest BCUT2D eigenvalue weighted by molar-refractivity contribution is -0.142. The van der Waals surface area contributed by atoms with E-state index in [1.807, 2.05) is 12.1 Å². The number of amides is 1. The van der Waals surface area contributed by atoms with Crippen LogP contribution in [-0.4, -0.2) is 44.1 Å². The number of hydrogen-bond acceptors (Lipinski definition) is 4. The Balaban J connectivity index is 2.04. The summed E-state index contributed by atoms with van der Waals surface area (Å²) in [5, 5.41) is 19.7. The number of aliphatic hydroxyl groups is 1. The molecule has 0 spiro atoms. The van der Waals surface area contributed by atoms with Crippen LogP contribution in [0.3, 0.4) is 0 Å². The number of rotatable bonds is 5. The number of carboxylic acids is 1. The van der Waals surface area contributed by atoms with Gasteiger partial charge in [0.15, 0.2) is 0 Å². The molecular formula is C12H13N3O4. The average Bonchev–Trinajstić information content (AvgIpc) is 2.77. The van der Waals surface area contributed by atoms with Crippen molar-refractivity contribution in [3.05, 3.63) is 36.3 Å². The lowest BCUT2D eigenvalue weighted by Gasteiger charge is -2.10. The van der Waals surface area contributed by atoms with Crippen LogP contribution < -0.4 is 5.32 Å². The number of imidazole rings is 1. The molecule has 1 amide bonds. The van der Waals surface area contributed by atoms with Crippen molar-refractivity contribution in [3.63, 3.8) is 0 Å². The zero-order valence-electron chi connectivity index (χ0n) is 9.98. The summed E-state index contributed by atoms with van der Waals surface area (Å²) in [6.07, 6.45) is 3.46. The van der Waals surface area contributed by atoms with Crippen LogP contribution in [-0.2, 0) is 16.0 Å². The van der Waals surface area contributed by atoms with E-state index in [4.69, 9.17) is 10.2 Å². The summed E-state index contributed by atoms with van der Waals surface area (Å²) in [6, 6.07) is 4.18. The lowest BCUT2D eigenvalue weighted by Crippen LogP contribution is -2.43.